The number of alkyl halides is 3. The van der Waals surface area contributed by atoms with Gasteiger partial charge in [-0.25, -0.2) is 4.85 Å². The third-order valence-electron chi connectivity index (χ3n) is 14.2. The van der Waals surface area contributed by atoms with E-state index in [0.717, 1.165) is 0 Å². The molecule has 354 valence electrons. The number of rotatable bonds is 7. The van der Waals surface area contributed by atoms with Gasteiger partial charge in [0.25, 0.3) is 0 Å². The number of aromatic nitrogens is 2. The molecule has 10 heteroatoms. The van der Waals surface area contributed by atoms with Gasteiger partial charge < -0.3 is 9.13 Å². The van der Waals surface area contributed by atoms with Crippen molar-refractivity contribution in [3.63, 3.8) is 0 Å². The molecule has 0 aliphatic rings. The Labute approximate surface area is 433 Å². The van der Waals surface area contributed by atoms with E-state index < -0.39 is 11.7 Å². The number of fused-ring (bicyclic) bond motifs is 6. The number of nitriles is 4. The van der Waals surface area contributed by atoms with Gasteiger partial charge in [-0.1, -0.05) is 146 Å². The lowest BCUT2D eigenvalue weighted by Gasteiger charge is -2.25. The van der Waals surface area contributed by atoms with E-state index in [0.29, 0.717) is 116 Å². The van der Waals surface area contributed by atoms with Crippen molar-refractivity contribution in [2.24, 2.45) is 0 Å². The molecule has 0 amide bonds. The molecule has 0 unspecified atom stereocenters. The molecule has 10 aromatic carbocycles. The average Bonchev–Trinajstić information content (AvgIpc) is 4.17. The first-order valence-corrected chi connectivity index (χ1v) is 24.0. The van der Waals surface area contributed by atoms with Crippen molar-refractivity contribution in [3.05, 3.63) is 245 Å². The summed E-state index contributed by atoms with van der Waals surface area (Å²) in [5.74, 6) is 0. The fraction of sp³-hybridized carbons (Fsp3) is 0.0152. The molecule has 0 atom stereocenters. The Morgan fingerprint density at radius 1 is 0.382 bits per heavy atom. The fourth-order valence-electron chi connectivity index (χ4n) is 10.8. The molecule has 0 radical (unpaired) electrons. The molecule has 12 aromatic rings. The van der Waals surface area contributed by atoms with E-state index in [1.54, 1.807) is 100 Å². The van der Waals surface area contributed by atoms with E-state index in [1.807, 2.05) is 109 Å². The van der Waals surface area contributed by atoms with Gasteiger partial charge in [0.05, 0.1) is 86.5 Å². The first-order valence-electron chi connectivity index (χ1n) is 24.0. The summed E-state index contributed by atoms with van der Waals surface area (Å²) in [6.45, 7) is 8.01. The normalized spacial score (nSPS) is 11.3. The van der Waals surface area contributed by atoms with E-state index in [1.165, 1.54) is 6.07 Å². The molecule has 0 saturated heterocycles. The van der Waals surface area contributed by atoms with Crippen LogP contribution in [0.15, 0.2) is 206 Å². The minimum Gasteiger partial charge on any atom is -0.309 e. The smallest absolute Gasteiger partial charge is 0.309 e. The van der Waals surface area contributed by atoms with Crippen LogP contribution in [0.3, 0.4) is 0 Å². The third-order valence-corrected chi connectivity index (χ3v) is 14.2. The van der Waals surface area contributed by atoms with E-state index in [2.05, 4.69) is 29.1 Å². The minimum atomic E-state index is -5.09. The third kappa shape index (κ3) is 7.49. The lowest BCUT2D eigenvalue weighted by molar-refractivity contribution is -0.137. The maximum absolute atomic E-state index is 17.5. The van der Waals surface area contributed by atoms with Crippen LogP contribution in [0.25, 0.3) is 115 Å². The molecular weight excluding hydrogens is 948 g/mol. The van der Waals surface area contributed by atoms with Gasteiger partial charge in [0.2, 0.25) is 0 Å². The van der Waals surface area contributed by atoms with Crippen molar-refractivity contribution in [3.8, 4) is 91.3 Å². The molecule has 0 fully saturated rings. The number of benzene rings is 10. The van der Waals surface area contributed by atoms with Crippen LogP contribution in [0.4, 0.5) is 18.9 Å². The fourth-order valence-corrected chi connectivity index (χ4v) is 10.8. The van der Waals surface area contributed by atoms with Gasteiger partial charge in [0, 0.05) is 27.1 Å². The van der Waals surface area contributed by atoms with Crippen molar-refractivity contribution >= 4 is 49.3 Å². The van der Waals surface area contributed by atoms with Gasteiger partial charge in [0.15, 0.2) is 5.69 Å². The Morgan fingerprint density at radius 2 is 0.789 bits per heavy atom. The molecule has 0 spiro atoms. The Bertz CT molecular complexity index is 4420. The minimum absolute atomic E-state index is 0.175. The van der Waals surface area contributed by atoms with Gasteiger partial charge in [0.1, 0.15) is 5.56 Å². The lowest BCUT2D eigenvalue weighted by Crippen LogP contribution is -2.17. The average molecular weight is 982 g/mol. The monoisotopic (exact) mass is 981 g/mol. The lowest BCUT2D eigenvalue weighted by atomic mass is 9.95. The van der Waals surface area contributed by atoms with Crippen LogP contribution in [0, 0.1) is 51.9 Å². The highest BCUT2D eigenvalue weighted by molar-refractivity contribution is 6.14. The highest BCUT2D eigenvalue weighted by Gasteiger charge is 2.41. The number of hydrogen-bond acceptors (Lipinski definition) is 4. The molecular formula is C66H34F3N7. The van der Waals surface area contributed by atoms with E-state index in [-0.39, 0.29) is 22.5 Å². The van der Waals surface area contributed by atoms with Crippen LogP contribution in [0.5, 0.6) is 0 Å². The largest absolute Gasteiger partial charge is 0.420 e. The van der Waals surface area contributed by atoms with Crippen molar-refractivity contribution in [1.82, 2.24) is 9.13 Å². The van der Waals surface area contributed by atoms with Gasteiger partial charge >= 0.3 is 6.18 Å². The summed E-state index contributed by atoms with van der Waals surface area (Å²) in [6, 6.07) is 69.2. The number of para-hydroxylation sites is 1. The van der Waals surface area contributed by atoms with Gasteiger partial charge in [-0.05, 0) is 111 Å². The second-order valence-electron chi connectivity index (χ2n) is 18.2. The standard InChI is InChI=1S/C66H34F3N7/c1-74-58-20-9-8-19-52(58)45-24-28-55-54-25-21-42(49-16-5-2-12-46(49)37-71)32-60(54)75(61(55)35-45)59-30-29-53(41-15-10-11-40(31-41)36-70)65(64(59)66(67,68)69)76-62-33-43(50-17-6-3-13-47(50)38-72)22-26-56(62)57-27-23-44(34-63(57)76)51-18-7-4-14-48(51)39-73/h2-35H. The topological polar surface area (TPSA) is 109 Å². The van der Waals surface area contributed by atoms with Gasteiger partial charge in [-0.3, -0.25) is 0 Å². The molecule has 2 heterocycles. The molecule has 76 heavy (non-hydrogen) atoms. The summed E-state index contributed by atoms with van der Waals surface area (Å²) in [5.41, 5.74) is 7.37. The van der Waals surface area contributed by atoms with Crippen LogP contribution in [0.2, 0.25) is 0 Å². The predicted molar refractivity (Wildman–Crippen MR) is 292 cm³/mol. The quantitative estimate of drug-likeness (QED) is 0.148. The molecule has 2 aromatic heterocycles. The summed E-state index contributed by atoms with van der Waals surface area (Å²) in [4.78, 5) is 3.78. The number of halogens is 3. The molecule has 12 rings (SSSR count). The summed E-state index contributed by atoms with van der Waals surface area (Å²) in [5, 5.41) is 43.6. The first-order chi connectivity index (χ1) is 37.1. The number of nitrogens with zero attached hydrogens (tertiary/aromatic N) is 7. The van der Waals surface area contributed by atoms with Crippen molar-refractivity contribution < 1.29 is 13.2 Å². The van der Waals surface area contributed by atoms with Crippen LogP contribution in [-0.2, 0) is 6.18 Å². The van der Waals surface area contributed by atoms with Crippen LogP contribution in [0.1, 0.15) is 27.8 Å². The van der Waals surface area contributed by atoms with Crippen LogP contribution >= 0.6 is 0 Å². The summed E-state index contributed by atoms with van der Waals surface area (Å²) in [7, 11) is 0. The maximum Gasteiger partial charge on any atom is 0.420 e. The van der Waals surface area contributed by atoms with E-state index in [9.17, 15) is 21.0 Å². The molecule has 0 saturated carbocycles. The highest BCUT2D eigenvalue weighted by Crippen LogP contribution is 2.49. The summed E-state index contributed by atoms with van der Waals surface area (Å²) >= 11 is 0. The molecule has 0 bridgehead atoms. The predicted octanol–water partition coefficient (Wildman–Crippen LogP) is 17.3. The maximum atomic E-state index is 17.5. The van der Waals surface area contributed by atoms with Crippen LogP contribution < -0.4 is 0 Å². The molecule has 7 nitrogen and oxygen atoms in total. The SMILES string of the molecule is [C-]#[N+]c1ccccc1-c1ccc2c3ccc(-c4ccccc4C#N)cc3n(-c3ccc(-c4cccc(C#N)c4)c(-n4c5cc(-c6ccccc6C#N)ccc5c5ccc(-c6ccccc6C#N)cc54)c3C(F)(F)F)c2c1. The van der Waals surface area contributed by atoms with E-state index >= 15 is 13.2 Å². The Kier molecular flexibility index (Phi) is 11.1. The Morgan fingerprint density at radius 3 is 1.22 bits per heavy atom. The summed E-state index contributed by atoms with van der Waals surface area (Å²) < 4.78 is 55.7. The summed E-state index contributed by atoms with van der Waals surface area (Å²) in [6.07, 6.45) is -5.09. The van der Waals surface area contributed by atoms with Crippen LogP contribution in [-0.4, -0.2) is 9.13 Å². The van der Waals surface area contributed by atoms with Gasteiger partial charge in [-0.2, -0.15) is 34.2 Å². The zero-order valence-electron chi connectivity index (χ0n) is 39.9. The molecule has 0 N–H and O–H groups in total. The van der Waals surface area contributed by atoms with Crippen molar-refractivity contribution in [1.29, 1.82) is 21.0 Å². The first kappa shape index (κ1) is 46.1. The Hall–Kier alpha value is -11.0. The van der Waals surface area contributed by atoms with Crippen molar-refractivity contribution in [2.75, 3.05) is 0 Å². The Balaban J connectivity index is 1.28. The zero-order valence-corrected chi connectivity index (χ0v) is 39.9. The molecule has 0 aliphatic carbocycles. The zero-order chi connectivity index (χ0) is 52.2. The highest BCUT2D eigenvalue weighted by atomic mass is 19.4. The molecule has 0 aliphatic heterocycles. The second-order valence-corrected chi connectivity index (χ2v) is 18.2. The second kappa shape index (κ2) is 18.3. The van der Waals surface area contributed by atoms with Crippen molar-refractivity contribution in [2.45, 2.75) is 6.18 Å². The van der Waals surface area contributed by atoms with E-state index in [4.69, 9.17) is 6.57 Å². The number of hydrogen-bond donors (Lipinski definition) is 0. The van der Waals surface area contributed by atoms with Gasteiger partial charge in [-0.15, -0.1) is 0 Å².